The van der Waals surface area contributed by atoms with Crippen LogP contribution in [0.15, 0.2) is 71.5 Å². The number of para-hydroxylation sites is 2. The highest BCUT2D eigenvalue weighted by Gasteiger charge is 2.18. The predicted molar refractivity (Wildman–Crippen MR) is 131 cm³/mol. The van der Waals surface area contributed by atoms with E-state index in [9.17, 15) is 14.4 Å². The van der Waals surface area contributed by atoms with Crippen LogP contribution in [-0.4, -0.2) is 36.3 Å². The standard InChI is InChI=1S/C27H24N2O6/c1-17(18-10-11-23-24(14-18)34-13-12-33-23)28-25(30)16-35-26(31)15-29-21-8-4-2-6-19(21)27(32)20-7-3-5-9-22(20)29/h2-11,14,17H,12-13,15-16H2,1H3,(H,28,30). The molecule has 1 aliphatic heterocycles. The lowest BCUT2D eigenvalue weighted by Gasteiger charge is -2.21. The number of benzene rings is 3. The van der Waals surface area contributed by atoms with Gasteiger partial charge in [0, 0.05) is 10.8 Å². The lowest BCUT2D eigenvalue weighted by atomic mass is 10.1. The van der Waals surface area contributed by atoms with Gasteiger partial charge >= 0.3 is 5.97 Å². The van der Waals surface area contributed by atoms with Gasteiger partial charge in [0.1, 0.15) is 19.8 Å². The second-order valence-corrected chi connectivity index (χ2v) is 8.30. The van der Waals surface area contributed by atoms with Crippen LogP contribution in [0, 0.1) is 0 Å². The summed E-state index contributed by atoms with van der Waals surface area (Å²) in [6, 6.07) is 19.4. The van der Waals surface area contributed by atoms with Crippen molar-refractivity contribution in [2.24, 2.45) is 0 Å². The topological polar surface area (TPSA) is 95.9 Å². The van der Waals surface area contributed by atoms with E-state index >= 15 is 0 Å². The number of ether oxygens (including phenoxy) is 3. The van der Waals surface area contributed by atoms with Crippen molar-refractivity contribution in [1.82, 2.24) is 9.88 Å². The van der Waals surface area contributed by atoms with E-state index < -0.39 is 18.5 Å². The van der Waals surface area contributed by atoms with Gasteiger partial charge in [0.05, 0.1) is 17.1 Å². The first-order valence-corrected chi connectivity index (χ1v) is 11.4. The van der Waals surface area contributed by atoms with Gasteiger partial charge < -0.3 is 24.1 Å². The van der Waals surface area contributed by atoms with Gasteiger partial charge in [-0.05, 0) is 48.9 Å². The fraction of sp³-hybridized carbons (Fsp3) is 0.222. The zero-order valence-corrected chi connectivity index (χ0v) is 19.2. The van der Waals surface area contributed by atoms with Crippen molar-refractivity contribution in [3.63, 3.8) is 0 Å². The van der Waals surface area contributed by atoms with Crippen molar-refractivity contribution >= 4 is 33.7 Å². The van der Waals surface area contributed by atoms with E-state index in [2.05, 4.69) is 5.32 Å². The molecule has 0 spiro atoms. The molecule has 1 amide bonds. The third kappa shape index (κ3) is 4.55. The van der Waals surface area contributed by atoms with Gasteiger partial charge in [-0.1, -0.05) is 30.3 Å². The molecule has 0 saturated carbocycles. The molecule has 2 heterocycles. The summed E-state index contributed by atoms with van der Waals surface area (Å²) in [5, 5.41) is 3.87. The van der Waals surface area contributed by atoms with Crippen molar-refractivity contribution in [3.05, 3.63) is 82.5 Å². The van der Waals surface area contributed by atoms with E-state index in [0.29, 0.717) is 46.5 Å². The molecule has 0 fully saturated rings. The molecule has 35 heavy (non-hydrogen) atoms. The molecule has 3 aromatic carbocycles. The van der Waals surface area contributed by atoms with Gasteiger partial charge in [0.2, 0.25) is 0 Å². The first-order chi connectivity index (χ1) is 17.0. The number of amides is 1. The van der Waals surface area contributed by atoms with E-state index in [1.165, 1.54) is 0 Å². The number of hydrogen-bond donors (Lipinski definition) is 1. The Morgan fingerprint density at radius 2 is 1.57 bits per heavy atom. The SMILES string of the molecule is CC(NC(=O)COC(=O)Cn1c2ccccc2c(=O)c2ccccc21)c1ccc2c(c1)OCCO2. The lowest BCUT2D eigenvalue weighted by Crippen LogP contribution is -2.32. The second-order valence-electron chi connectivity index (χ2n) is 8.30. The van der Waals surface area contributed by atoms with E-state index in [-0.39, 0.29) is 18.0 Å². The molecule has 8 heteroatoms. The number of fused-ring (bicyclic) bond motifs is 3. The highest BCUT2D eigenvalue weighted by Crippen LogP contribution is 2.32. The minimum atomic E-state index is -0.578. The first-order valence-electron chi connectivity index (χ1n) is 11.4. The monoisotopic (exact) mass is 472 g/mol. The van der Waals surface area contributed by atoms with Crippen molar-refractivity contribution in [2.45, 2.75) is 19.5 Å². The van der Waals surface area contributed by atoms with Crippen LogP contribution in [0.3, 0.4) is 0 Å². The number of pyridine rings is 1. The molecule has 0 saturated heterocycles. The van der Waals surface area contributed by atoms with Crippen LogP contribution in [-0.2, 0) is 20.9 Å². The lowest BCUT2D eigenvalue weighted by molar-refractivity contribution is -0.149. The Bertz CT molecular complexity index is 1430. The fourth-order valence-electron chi connectivity index (χ4n) is 4.26. The number of nitrogens with zero attached hydrogens (tertiary/aromatic N) is 1. The third-order valence-electron chi connectivity index (χ3n) is 5.97. The molecule has 0 bridgehead atoms. The molecule has 8 nitrogen and oxygen atoms in total. The van der Waals surface area contributed by atoms with E-state index in [0.717, 1.165) is 5.56 Å². The summed E-state index contributed by atoms with van der Waals surface area (Å²) in [6.07, 6.45) is 0. The molecule has 0 aliphatic carbocycles. The van der Waals surface area contributed by atoms with E-state index in [1.54, 1.807) is 41.0 Å². The molecular formula is C27H24N2O6. The van der Waals surface area contributed by atoms with Gasteiger partial charge in [-0.3, -0.25) is 14.4 Å². The quantitative estimate of drug-likeness (QED) is 0.342. The molecule has 178 valence electrons. The number of rotatable bonds is 6. The Hall–Kier alpha value is -4.33. The van der Waals surface area contributed by atoms with E-state index in [4.69, 9.17) is 14.2 Å². The summed E-state index contributed by atoms with van der Waals surface area (Å²) in [5.74, 6) is 0.318. The number of hydrogen-bond acceptors (Lipinski definition) is 6. The zero-order chi connectivity index (χ0) is 24.4. The zero-order valence-electron chi connectivity index (χ0n) is 19.2. The number of nitrogens with one attached hydrogen (secondary N) is 1. The Morgan fingerprint density at radius 1 is 0.943 bits per heavy atom. The van der Waals surface area contributed by atoms with E-state index in [1.807, 2.05) is 37.3 Å². The molecular weight excluding hydrogens is 448 g/mol. The van der Waals surface area contributed by atoms with Crippen LogP contribution >= 0.6 is 0 Å². The second kappa shape index (κ2) is 9.50. The first kappa shape index (κ1) is 22.5. The molecule has 1 aromatic heterocycles. The van der Waals surface area contributed by atoms with Gasteiger partial charge in [-0.15, -0.1) is 0 Å². The minimum absolute atomic E-state index is 0.0895. The maximum Gasteiger partial charge on any atom is 0.326 e. The van der Waals surface area contributed by atoms with Crippen molar-refractivity contribution in [1.29, 1.82) is 0 Å². The number of aromatic nitrogens is 1. The van der Waals surface area contributed by atoms with Gasteiger partial charge in [0.15, 0.2) is 23.5 Å². The third-order valence-corrected chi connectivity index (χ3v) is 5.97. The summed E-state index contributed by atoms with van der Waals surface area (Å²) in [7, 11) is 0. The number of carbonyl (C=O) groups excluding carboxylic acids is 2. The molecule has 5 rings (SSSR count). The van der Waals surface area contributed by atoms with Gasteiger partial charge in [-0.25, -0.2) is 0 Å². The van der Waals surface area contributed by atoms with Crippen molar-refractivity contribution in [3.8, 4) is 11.5 Å². The maximum absolute atomic E-state index is 12.8. The largest absolute Gasteiger partial charge is 0.486 e. The fourth-order valence-corrected chi connectivity index (χ4v) is 4.26. The summed E-state index contributed by atoms with van der Waals surface area (Å²) in [5.41, 5.74) is 2.02. The summed E-state index contributed by atoms with van der Waals surface area (Å²) in [6.45, 7) is 2.28. The predicted octanol–water partition coefficient (Wildman–Crippen LogP) is 3.35. The molecule has 1 N–H and O–H groups in total. The van der Waals surface area contributed by atoms with Gasteiger partial charge in [-0.2, -0.15) is 0 Å². The maximum atomic E-state index is 12.8. The highest BCUT2D eigenvalue weighted by molar-refractivity contribution is 5.94. The summed E-state index contributed by atoms with van der Waals surface area (Å²) in [4.78, 5) is 38.0. The van der Waals surface area contributed by atoms with Crippen LogP contribution in [0.1, 0.15) is 18.5 Å². The Kier molecular flexibility index (Phi) is 6.10. The molecule has 4 aromatic rings. The molecule has 1 atom stereocenters. The van der Waals surface area contributed by atoms with Crippen LogP contribution in [0.5, 0.6) is 11.5 Å². The molecule has 1 aliphatic rings. The highest BCUT2D eigenvalue weighted by atomic mass is 16.6. The number of carbonyl (C=O) groups is 2. The Labute approximate surface area is 201 Å². The van der Waals surface area contributed by atoms with Crippen LogP contribution in [0.2, 0.25) is 0 Å². The average molecular weight is 472 g/mol. The van der Waals surface area contributed by atoms with Crippen LogP contribution < -0.4 is 20.2 Å². The summed E-state index contributed by atoms with van der Waals surface area (Å²) < 4.78 is 18.1. The molecule has 0 radical (unpaired) electrons. The van der Waals surface area contributed by atoms with Crippen LogP contribution in [0.25, 0.3) is 21.8 Å². The van der Waals surface area contributed by atoms with Crippen molar-refractivity contribution < 1.29 is 23.8 Å². The normalized spacial score (nSPS) is 13.4. The van der Waals surface area contributed by atoms with Gasteiger partial charge in [0.25, 0.3) is 5.91 Å². The number of esters is 1. The minimum Gasteiger partial charge on any atom is -0.486 e. The smallest absolute Gasteiger partial charge is 0.326 e. The molecule has 1 unspecified atom stereocenters. The van der Waals surface area contributed by atoms with Crippen LogP contribution in [0.4, 0.5) is 0 Å². The van der Waals surface area contributed by atoms with Crippen molar-refractivity contribution in [2.75, 3.05) is 19.8 Å². The summed E-state index contributed by atoms with van der Waals surface area (Å²) >= 11 is 0. The average Bonchev–Trinajstić information content (AvgIpc) is 2.89. The Balaban J connectivity index is 1.26. The Morgan fingerprint density at radius 3 is 2.26 bits per heavy atom.